The number of nitro groups is 1. The summed E-state index contributed by atoms with van der Waals surface area (Å²) in [4.78, 5) is 10.5. The van der Waals surface area contributed by atoms with Gasteiger partial charge < -0.3 is 4.74 Å². The van der Waals surface area contributed by atoms with E-state index in [9.17, 15) is 10.1 Å². The van der Waals surface area contributed by atoms with Crippen LogP contribution in [0.5, 0.6) is 5.75 Å². The summed E-state index contributed by atoms with van der Waals surface area (Å²) in [6.45, 7) is 6.08. The Bertz CT molecular complexity index is 420. The van der Waals surface area contributed by atoms with E-state index in [4.69, 9.17) is 4.74 Å². The molecule has 0 amide bonds. The lowest BCUT2D eigenvalue weighted by Crippen LogP contribution is -2.11. The Morgan fingerprint density at radius 2 is 2.12 bits per heavy atom. The van der Waals surface area contributed by atoms with Crippen molar-refractivity contribution in [3.8, 4) is 5.75 Å². The molecule has 1 atom stereocenters. The maximum Gasteiger partial charge on any atom is 0.311 e. The highest BCUT2D eigenvalue weighted by atomic mass is 32.1. The van der Waals surface area contributed by atoms with Gasteiger partial charge in [-0.15, -0.1) is 0 Å². The van der Waals surface area contributed by atoms with Crippen LogP contribution in [0.1, 0.15) is 18.1 Å². The molecule has 0 aliphatic carbocycles. The van der Waals surface area contributed by atoms with Gasteiger partial charge in [0.25, 0.3) is 0 Å². The minimum atomic E-state index is -0.402. The van der Waals surface area contributed by atoms with E-state index in [1.54, 1.807) is 0 Å². The first kappa shape index (κ1) is 13.8. The highest BCUT2D eigenvalue weighted by molar-refractivity contribution is 7.80. The van der Waals surface area contributed by atoms with Gasteiger partial charge in [-0.3, -0.25) is 10.1 Å². The molecule has 94 valence electrons. The maximum atomic E-state index is 11.0. The molecular weight excluding hydrogens is 238 g/mol. The van der Waals surface area contributed by atoms with Crippen LogP contribution in [0.25, 0.3) is 0 Å². The van der Waals surface area contributed by atoms with E-state index in [0.717, 1.165) is 11.1 Å². The molecule has 0 aromatic heterocycles. The average Bonchev–Trinajstić information content (AvgIpc) is 2.26. The fraction of sp³-hybridized carbons (Fsp3) is 0.500. The lowest BCUT2D eigenvalue weighted by molar-refractivity contribution is -0.386. The zero-order valence-corrected chi connectivity index (χ0v) is 11.2. The third-order valence-corrected chi connectivity index (χ3v) is 3.04. The smallest absolute Gasteiger partial charge is 0.311 e. The molecule has 0 radical (unpaired) electrons. The Kier molecular flexibility index (Phi) is 4.81. The zero-order chi connectivity index (χ0) is 13.0. The Hall–Kier alpha value is -1.23. The quantitative estimate of drug-likeness (QED) is 0.499. The predicted molar refractivity (Wildman–Crippen MR) is 71.1 cm³/mol. The average molecular weight is 255 g/mol. The second kappa shape index (κ2) is 5.91. The van der Waals surface area contributed by atoms with Gasteiger partial charge in [0.05, 0.1) is 11.5 Å². The fourth-order valence-corrected chi connectivity index (χ4v) is 1.64. The van der Waals surface area contributed by atoms with Crippen LogP contribution in [-0.4, -0.2) is 17.3 Å². The van der Waals surface area contributed by atoms with Crippen molar-refractivity contribution in [2.24, 2.45) is 5.92 Å². The summed E-state index contributed by atoms with van der Waals surface area (Å²) in [5.41, 5.74) is 1.70. The largest absolute Gasteiger partial charge is 0.486 e. The molecule has 0 aliphatic rings. The summed E-state index contributed by atoms with van der Waals surface area (Å²) in [5, 5.41) is 11.0. The van der Waals surface area contributed by atoms with Gasteiger partial charge in [0.15, 0.2) is 5.75 Å². The normalized spacial score (nSPS) is 12.2. The number of thiol groups is 1. The topological polar surface area (TPSA) is 52.4 Å². The van der Waals surface area contributed by atoms with Crippen molar-refractivity contribution >= 4 is 18.3 Å². The molecular formula is C12H17NO3S. The molecule has 0 saturated heterocycles. The van der Waals surface area contributed by atoms with Crippen molar-refractivity contribution in [1.29, 1.82) is 0 Å². The highest BCUT2D eigenvalue weighted by Gasteiger charge is 2.18. The molecule has 0 spiro atoms. The van der Waals surface area contributed by atoms with Crippen molar-refractivity contribution in [3.63, 3.8) is 0 Å². The fourth-order valence-electron chi connectivity index (χ4n) is 1.53. The summed E-state index contributed by atoms with van der Waals surface area (Å²) in [6, 6.07) is 3.42. The molecule has 0 saturated carbocycles. The van der Waals surface area contributed by atoms with Crippen LogP contribution in [0.15, 0.2) is 12.1 Å². The van der Waals surface area contributed by atoms with Gasteiger partial charge >= 0.3 is 5.69 Å². The van der Waals surface area contributed by atoms with Gasteiger partial charge in [-0.1, -0.05) is 13.0 Å². The van der Waals surface area contributed by atoms with Crippen LogP contribution < -0.4 is 4.74 Å². The third kappa shape index (κ3) is 3.63. The molecule has 0 aliphatic heterocycles. The molecule has 17 heavy (non-hydrogen) atoms. The molecule has 0 N–H and O–H groups in total. The zero-order valence-electron chi connectivity index (χ0n) is 10.3. The van der Waals surface area contributed by atoms with E-state index in [2.05, 4.69) is 12.6 Å². The van der Waals surface area contributed by atoms with Crippen molar-refractivity contribution in [1.82, 2.24) is 0 Å². The van der Waals surface area contributed by atoms with Gasteiger partial charge in [0.1, 0.15) is 0 Å². The van der Waals surface area contributed by atoms with Gasteiger partial charge in [0.2, 0.25) is 0 Å². The lowest BCUT2D eigenvalue weighted by atomic mass is 10.1. The van der Waals surface area contributed by atoms with Crippen LogP contribution in [-0.2, 0) is 0 Å². The van der Waals surface area contributed by atoms with Crippen molar-refractivity contribution < 1.29 is 9.66 Å². The second-order valence-corrected chi connectivity index (χ2v) is 4.65. The SMILES string of the molecule is Cc1cc(C)c(OCC(C)CS)c([N+](=O)[O-])c1. The Morgan fingerprint density at radius 3 is 2.65 bits per heavy atom. The standard InChI is InChI=1S/C12H17NO3S/c1-8-4-10(3)12(11(5-8)13(14)15)16-6-9(2)7-17/h4-5,9,17H,6-7H2,1-3H3. The summed E-state index contributed by atoms with van der Waals surface area (Å²) in [6.07, 6.45) is 0. The molecule has 1 unspecified atom stereocenters. The first-order valence-corrected chi connectivity index (χ1v) is 6.08. The highest BCUT2D eigenvalue weighted by Crippen LogP contribution is 2.32. The minimum absolute atomic E-state index is 0.0360. The first-order chi connectivity index (χ1) is 7.95. The molecule has 4 nitrogen and oxygen atoms in total. The molecule has 1 rings (SSSR count). The maximum absolute atomic E-state index is 11.0. The Balaban J connectivity index is 3.00. The van der Waals surface area contributed by atoms with Crippen molar-refractivity contribution in [2.75, 3.05) is 12.4 Å². The number of nitrogens with zero attached hydrogens (tertiary/aromatic N) is 1. The van der Waals surface area contributed by atoms with E-state index in [-0.39, 0.29) is 11.6 Å². The molecule has 5 heteroatoms. The van der Waals surface area contributed by atoms with Crippen LogP contribution >= 0.6 is 12.6 Å². The second-order valence-electron chi connectivity index (χ2n) is 4.29. The molecule has 1 aromatic rings. The Morgan fingerprint density at radius 1 is 1.47 bits per heavy atom. The van der Waals surface area contributed by atoms with Crippen LogP contribution in [0.3, 0.4) is 0 Å². The van der Waals surface area contributed by atoms with E-state index in [1.807, 2.05) is 26.8 Å². The van der Waals surface area contributed by atoms with E-state index in [0.29, 0.717) is 18.1 Å². The summed E-state index contributed by atoms with van der Waals surface area (Å²) in [5.74, 6) is 1.33. The summed E-state index contributed by atoms with van der Waals surface area (Å²) in [7, 11) is 0. The Labute approximate surface area is 107 Å². The molecule has 0 heterocycles. The lowest BCUT2D eigenvalue weighted by Gasteiger charge is -2.13. The molecule has 0 bridgehead atoms. The van der Waals surface area contributed by atoms with Gasteiger partial charge in [-0.05, 0) is 36.6 Å². The number of nitro benzene ring substituents is 1. The number of benzene rings is 1. The molecule has 0 fully saturated rings. The number of aryl methyl sites for hydroxylation is 2. The number of hydrogen-bond donors (Lipinski definition) is 1. The van der Waals surface area contributed by atoms with Crippen LogP contribution in [0.4, 0.5) is 5.69 Å². The minimum Gasteiger partial charge on any atom is -0.486 e. The van der Waals surface area contributed by atoms with Crippen LogP contribution in [0.2, 0.25) is 0 Å². The van der Waals surface area contributed by atoms with E-state index < -0.39 is 4.92 Å². The van der Waals surface area contributed by atoms with Gasteiger partial charge in [-0.2, -0.15) is 12.6 Å². The number of rotatable bonds is 5. The van der Waals surface area contributed by atoms with Crippen molar-refractivity contribution in [2.45, 2.75) is 20.8 Å². The number of hydrogen-bond acceptors (Lipinski definition) is 4. The molecule has 1 aromatic carbocycles. The summed E-state index contributed by atoms with van der Waals surface area (Å²) >= 11 is 4.16. The van der Waals surface area contributed by atoms with E-state index in [1.165, 1.54) is 6.07 Å². The van der Waals surface area contributed by atoms with E-state index >= 15 is 0 Å². The third-order valence-electron chi connectivity index (χ3n) is 2.42. The first-order valence-electron chi connectivity index (χ1n) is 5.45. The van der Waals surface area contributed by atoms with Gasteiger partial charge in [0, 0.05) is 6.07 Å². The predicted octanol–water partition coefficient (Wildman–Crippen LogP) is 3.16. The van der Waals surface area contributed by atoms with Gasteiger partial charge in [-0.25, -0.2) is 0 Å². The summed E-state index contributed by atoms with van der Waals surface area (Å²) < 4.78 is 5.55. The number of ether oxygens (including phenoxy) is 1. The van der Waals surface area contributed by atoms with Crippen molar-refractivity contribution in [3.05, 3.63) is 33.4 Å². The monoisotopic (exact) mass is 255 g/mol. The van der Waals surface area contributed by atoms with Crippen LogP contribution in [0, 0.1) is 29.9 Å².